The molecular weight excluding hydrogens is 377 g/mol. The highest BCUT2D eigenvalue weighted by molar-refractivity contribution is 7.87. The van der Waals surface area contributed by atoms with Crippen molar-refractivity contribution in [3.8, 4) is 0 Å². The third kappa shape index (κ3) is 2.85. The van der Waals surface area contributed by atoms with E-state index in [0.717, 1.165) is 18.8 Å². The number of fused-ring (bicyclic) bond motifs is 5. The van der Waals surface area contributed by atoms with Crippen molar-refractivity contribution in [3.63, 3.8) is 0 Å². The van der Waals surface area contributed by atoms with Gasteiger partial charge in [-0.3, -0.25) is 0 Å². The highest BCUT2D eigenvalue weighted by atomic mass is 32.2. The maximum absolute atomic E-state index is 12.8. The largest absolute Gasteiger partial charge is 0.534 e. The number of rotatable bonds is 2. The lowest BCUT2D eigenvalue weighted by molar-refractivity contribution is -0.104. The van der Waals surface area contributed by atoms with Gasteiger partial charge < -0.3 is 4.18 Å². The lowest BCUT2D eigenvalue weighted by Gasteiger charge is -2.60. The molecule has 3 nitrogen and oxygen atoms in total. The standard InChI is InChI=1S/C20H29F3O3S/c1-18-11-4-3-5-13(18)6-7-14-15-8-9-17(19(15,2)12-10-16(14)18)26-27(24,25)20(21,22)23/h9,13-16H,3-8,10-12H2,1-2H3/t13?,14?,15?,16?,18-,19-/m0/s1. The van der Waals surface area contributed by atoms with Crippen LogP contribution in [0.5, 0.6) is 0 Å². The first-order chi connectivity index (χ1) is 12.5. The van der Waals surface area contributed by atoms with Gasteiger partial charge in [0.2, 0.25) is 0 Å². The van der Waals surface area contributed by atoms with Crippen LogP contribution in [0.1, 0.15) is 71.6 Å². The van der Waals surface area contributed by atoms with Gasteiger partial charge in [-0.05, 0) is 80.1 Å². The summed E-state index contributed by atoms with van der Waals surface area (Å²) in [5, 5.41) is 0. The Kier molecular flexibility index (Phi) is 4.45. The van der Waals surface area contributed by atoms with Crippen LogP contribution < -0.4 is 0 Å². The van der Waals surface area contributed by atoms with Gasteiger partial charge in [0.15, 0.2) is 0 Å². The molecule has 4 unspecified atom stereocenters. The average molecular weight is 407 g/mol. The summed E-state index contributed by atoms with van der Waals surface area (Å²) < 4.78 is 66.2. The second kappa shape index (κ2) is 6.14. The molecule has 6 atom stereocenters. The fraction of sp³-hybridized carbons (Fsp3) is 0.900. The molecule has 4 aliphatic carbocycles. The van der Waals surface area contributed by atoms with E-state index in [9.17, 15) is 21.6 Å². The molecule has 27 heavy (non-hydrogen) atoms. The highest BCUT2D eigenvalue weighted by Gasteiger charge is 2.60. The maximum Gasteiger partial charge on any atom is 0.534 e. The predicted octanol–water partition coefficient (Wildman–Crippen LogP) is 5.78. The molecule has 0 amide bonds. The van der Waals surface area contributed by atoms with Crippen molar-refractivity contribution in [1.82, 2.24) is 0 Å². The summed E-state index contributed by atoms with van der Waals surface area (Å²) in [5.41, 5.74) is -5.64. The summed E-state index contributed by atoms with van der Waals surface area (Å²) in [7, 11) is -5.60. The molecule has 154 valence electrons. The average Bonchev–Trinajstić information content (AvgIpc) is 2.89. The van der Waals surface area contributed by atoms with Crippen molar-refractivity contribution >= 4 is 10.1 Å². The van der Waals surface area contributed by atoms with Crippen LogP contribution in [0.3, 0.4) is 0 Å². The molecule has 4 aliphatic rings. The minimum absolute atomic E-state index is 0.0270. The van der Waals surface area contributed by atoms with E-state index in [1.54, 1.807) is 6.08 Å². The molecule has 3 fully saturated rings. The van der Waals surface area contributed by atoms with Crippen molar-refractivity contribution < 1.29 is 25.8 Å². The predicted molar refractivity (Wildman–Crippen MR) is 95.9 cm³/mol. The van der Waals surface area contributed by atoms with Crippen molar-refractivity contribution in [2.24, 2.45) is 34.5 Å². The fourth-order valence-electron chi connectivity index (χ4n) is 7.12. The molecular formula is C20H29F3O3S. The lowest BCUT2D eigenvalue weighted by atomic mass is 9.45. The Labute approximate surface area is 159 Å². The minimum Gasteiger partial charge on any atom is -0.380 e. The second-order valence-corrected chi connectivity index (χ2v) is 11.2. The fourth-order valence-corrected chi connectivity index (χ4v) is 7.71. The number of alkyl halides is 3. The van der Waals surface area contributed by atoms with E-state index in [1.165, 1.54) is 32.1 Å². The van der Waals surface area contributed by atoms with Crippen LogP contribution in [0.4, 0.5) is 13.2 Å². The van der Waals surface area contributed by atoms with E-state index < -0.39 is 21.0 Å². The Morgan fingerprint density at radius 1 is 1.04 bits per heavy atom. The Morgan fingerprint density at radius 3 is 2.48 bits per heavy atom. The molecule has 0 bridgehead atoms. The molecule has 7 heteroatoms. The van der Waals surface area contributed by atoms with Gasteiger partial charge in [0.05, 0.1) is 0 Å². The maximum atomic E-state index is 12.8. The van der Waals surface area contributed by atoms with Gasteiger partial charge in [-0.1, -0.05) is 26.7 Å². The van der Waals surface area contributed by atoms with Crippen LogP contribution in [-0.2, 0) is 14.3 Å². The SMILES string of the molecule is C[C@]12CCCCC1CCC1C2CC[C@]2(C)C(OS(=O)(=O)C(F)(F)F)=CCC12. The molecule has 0 aromatic heterocycles. The van der Waals surface area contributed by atoms with Gasteiger partial charge in [-0.15, -0.1) is 0 Å². The first kappa shape index (κ1) is 19.6. The zero-order valence-corrected chi connectivity index (χ0v) is 16.8. The lowest BCUT2D eigenvalue weighted by Crippen LogP contribution is -2.52. The first-order valence-electron chi connectivity index (χ1n) is 10.2. The van der Waals surface area contributed by atoms with E-state index >= 15 is 0 Å². The van der Waals surface area contributed by atoms with Crippen LogP contribution in [-0.4, -0.2) is 13.9 Å². The molecule has 0 spiro atoms. The minimum atomic E-state index is -5.60. The molecule has 0 N–H and O–H groups in total. The van der Waals surface area contributed by atoms with Crippen LogP contribution >= 0.6 is 0 Å². The van der Waals surface area contributed by atoms with E-state index in [-0.39, 0.29) is 11.7 Å². The Bertz CT molecular complexity index is 744. The van der Waals surface area contributed by atoms with E-state index in [4.69, 9.17) is 0 Å². The van der Waals surface area contributed by atoms with Crippen LogP contribution in [0.2, 0.25) is 0 Å². The Morgan fingerprint density at radius 2 is 1.78 bits per heavy atom. The summed E-state index contributed by atoms with van der Waals surface area (Å²) >= 11 is 0. The van der Waals surface area contributed by atoms with Crippen molar-refractivity contribution in [3.05, 3.63) is 11.8 Å². The van der Waals surface area contributed by atoms with E-state index in [2.05, 4.69) is 11.1 Å². The third-order valence-electron chi connectivity index (χ3n) is 8.58. The molecule has 0 saturated heterocycles. The molecule has 0 heterocycles. The Hall–Kier alpha value is -0.720. The summed E-state index contributed by atoms with van der Waals surface area (Å²) in [5.74, 6) is 2.04. The van der Waals surface area contributed by atoms with Gasteiger partial charge in [-0.2, -0.15) is 21.6 Å². The van der Waals surface area contributed by atoms with Crippen molar-refractivity contribution in [1.29, 1.82) is 0 Å². The van der Waals surface area contributed by atoms with Crippen LogP contribution in [0.15, 0.2) is 11.8 Å². The van der Waals surface area contributed by atoms with Gasteiger partial charge in [0, 0.05) is 5.41 Å². The van der Waals surface area contributed by atoms with Gasteiger partial charge in [0.25, 0.3) is 0 Å². The number of allylic oxidation sites excluding steroid dienone is 2. The number of hydrogen-bond acceptors (Lipinski definition) is 3. The quantitative estimate of drug-likeness (QED) is 0.431. The summed E-state index contributed by atoms with van der Waals surface area (Å²) in [6, 6.07) is 0. The van der Waals surface area contributed by atoms with Crippen LogP contribution in [0, 0.1) is 34.5 Å². The molecule has 3 saturated carbocycles. The molecule has 4 rings (SSSR count). The highest BCUT2D eigenvalue weighted by Crippen LogP contribution is 2.66. The molecule has 0 aromatic rings. The van der Waals surface area contributed by atoms with Crippen molar-refractivity contribution in [2.75, 3.05) is 0 Å². The second-order valence-electron chi connectivity index (χ2n) is 9.65. The Balaban J connectivity index is 1.58. The van der Waals surface area contributed by atoms with Gasteiger partial charge >= 0.3 is 15.6 Å². The molecule has 0 radical (unpaired) electrons. The summed E-state index contributed by atoms with van der Waals surface area (Å²) in [6.07, 6.45) is 11.4. The van der Waals surface area contributed by atoms with Crippen molar-refractivity contribution in [2.45, 2.75) is 77.1 Å². The van der Waals surface area contributed by atoms with Gasteiger partial charge in [0.1, 0.15) is 5.76 Å². The van der Waals surface area contributed by atoms with Crippen LogP contribution in [0.25, 0.3) is 0 Å². The smallest absolute Gasteiger partial charge is 0.380 e. The summed E-state index contributed by atoms with van der Waals surface area (Å²) in [4.78, 5) is 0. The number of hydrogen-bond donors (Lipinski definition) is 0. The summed E-state index contributed by atoms with van der Waals surface area (Å²) in [6.45, 7) is 4.35. The zero-order valence-electron chi connectivity index (χ0n) is 16.0. The normalized spacial score (nSPS) is 44.7. The van der Waals surface area contributed by atoms with E-state index in [0.29, 0.717) is 30.1 Å². The third-order valence-corrected chi connectivity index (χ3v) is 9.54. The molecule has 0 aromatic carbocycles. The van der Waals surface area contributed by atoms with Gasteiger partial charge in [-0.25, -0.2) is 0 Å². The first-order valence-corrected chi connectivity index (χ1v) is 11.6. The number of halogens is 3. The zero-order chi connectivity index (χ0) is 19.7. The van der Waals surface area contributed by atoms with E-state index in [1.807, 2.05) is 6.92 Å². The topological polar surface area (TPSA) is 43.4 Å². The monoisotopic (exact) mass is 406 g/mol. The molecule has 0 aliphatic heterocycles.